The number of carbonyl (C=O) groups excluding carboxylic acids is 1. The number of fused-ring (bicyclic) bond motifs is 2. The van der Waals surface area contributed by atoms with E-state index >= 15 is 0 Å². The Kier molecular flexibility index (Phi) is 4.04. The molecular formula is C15H21ClN4O. The van der Waals surface area contributed by atoms with Gasteiger partial charge in [0.2, 0.25) is 0 Å². The van der Waals surface area contributed by atoms with Gasteiger partial charge in [0.05, 0.1) is 10.6 Å². The Morgan fingerprint density at radius 3 is 2.86 bits per heavy atom. The molecule has 0 saturated carbocycles. The zero-order valence-electron chi connectivity index (χ0n) is 12.5. The number of anilines is 1. The molecule has 2 fully saturated rings. The van der Waals surface area contributed by atoms with Gasteiger partial charge in [-0.25, -0.2) is 4.98 Å². The fourth-order valence-corrected chi connectivity index (χ4v) is 3.68. The minimum absolute atomic E-state index is 0.0352. The van der Waals surface area contributed by atoms with Crippen LogP contribution in [0.2, 0.25) is 5.02 Å². The highest BCUT2D eigenvalue weighted by atomic mass is 35.5. The van der Waals surface area contributed by atoms with Gasteiger partial charge in [-0.15, -0.1) is 0 Å². The molecule has 0 aromatic carbocycles. The number of halogens is 1. The zero-order chi connectivity index (χ0) is 15.0. The van der Waals surface area contributed by atoms with Crippen molar-refractivity contribution >= 4 is 23.3 Å². The summed E-state index contributed by atoms with van der Waals surface area (Å²) in [6, 6.07) is 2.82. The molecule has 114 valence electrons. The Bertz CT molecular complexity index is 550. The van der Waals surface area contributed by atoms with Crippen molar-refractivity contribution in [3.63, 3.8) is 0 Å². The number of nitrogens with one attached hydrogen (secondary N) is 1. The summed E-state index contributed by atoms with van der Waals surface area (Å²) in [5.41, 5.74) is 0.569. The lowest BCUT2D eigenvalue weighted by Crippen LogP contribution is -2.39. The van der Waals surface area contributed by atoms with Gasteiger partial charge in [0.1, 0.15) is 5.82 Å². The molecule has 1 N–H and O–H groups in total. The molecule has 0 radical (unpaired) electrons. The van der Waals surface area contributed by atoms with Crippen molar-refractivity contribution in [1.82, 2.24) is 14.8 Å². The van der Waals surface area contributed by atoms with Crippen LogP contribution in [0.15, 0.2) is 12.3 Å². The normalized spacial score (nSPS) is 25.8. The average molecular weight is 309 g/mol. The molecule has 2 unspecified atom stereocenters. The van der Waals surface area contributed by atoms with Crippen molar-refractivity contribution in [2.75, 3.05) is 32.5 Å². The van der Waals surface area contributed by atoms with E-state index < -0.39 is 0 Å². The second kappa shape index (κ2) is 5.81. The maximum absolute atomic E-state index is 12.7. The molecule has 0 aliphatic carbocycles. The molecule has 3 heterocycles. The van der Waals surface area contributed by atoms with Crippen molar-refractivity contribution in [2.24, 2.45) is 0 Å². The Labute approximate surface area is 130 Å². The highest BCUT2D eigenvalue weighted by Crippen LogP contribution is 2.29. The first kappa shape index (κ1) is 14.6. The summed E-state index contributed by atoms with van der Waals surface area (Å²) < 4.78 is 0. The van der Waals surface area contributed by atoms with Crippen LogP contribution in [0.25, 0.3) is 0 Å². The number of hydrogen-bond donors (Lipinski definition) is 1. The number of nitrogens with zero attached hydrogens (tertiary/aromatic N) is 3. The molecule has 1 aromatic heterocycles. The quantitative estimate of drug-likeness (QED) is 0.909. The third kappa shape index (κ3) is 2.72. The predicted molar refractivity (Wildman–Crippen MR) is 83.9 cm³/mol. The molecule has 21 heavy (non-hydrogen) atoms. The average Bonchev–Trinajstić information content (AvgIpc) is 2.71. The second-order valence-corrected chi connectivity index (χ2v) is 6.30. The Balaban J connectivity index is 1.77. The Morgan fingerprint density at radius 2 is 2.14 bits per heavy atom. The maximum Gasteiger partial charge on any atom is 0.255 e. The molecular weight excluding hydrogens is 288 g/mol. The van der Waals surface area contributed by atoms with Crippen LogP contribution in [0.4, 0.5) is 5.82 Å². The van der Waals surface area contributed by atoms with Gasteiger partial charge in [-0.3, -0.25) is 9.69 Å². The van der Waals surface area contributed by atoms with Gasteiger partial charge < -0.3 is 10.2 Å². The lowest BCUT2D eigenvalue weighted by atomic mass is 10.1. The number of rotatable bonds is 2. The number of amides is 1. The van der Waals surface area contributed by atoms with E-state index in [1.165, 1.54) is 12.8 Å². The smallest absolute Gasteiger partial charge is 0.255 e. The van der Waals surface area contributed by atoms with Crippen molar-refractivity contribution in [3.05, 3.63) is 22.8 Å². The zero-order valence-corrected chi connectivity index (χ0v) is 13.2. The van der Waals surface area contributed by atoms with E-state index in [9.17, 15) is 4.79 Å². The van der Waals surface area contributed by atoms with Gasteiger partial charge >= 0.3 is 0 Å². The monoisotopic (exact) mass is 308 g/mol. The first-order chi connectivity index (χ1) is 10.1. The SMILES string of the molecule is CNc1ncc(C(=O)N2CCC3CCC(C2)N3C)cc1Cl. The number of hydrogen-bond acceptors (Lipinski definition) is 4. The van der Waals surface area contributed by atoms with Gasteiger partial charge in [0.25, 0.3) is 5.91 Å². The molecule has 2 saturated heterocycles. The van der Waals surface area contributed by atoms with Crippen LogP contribution in [-0.4, -0.2) is 60.0 Å². The maximum atomic E-state index is 12.7. The van der Waals surface area contributed by atoms with Crippen molar-refractivity contribution in [2.45, 2.75) is 31.3 Å². The summed E-state index contributed by atoms with van der Waals surface area (Å²) in [6.07, 6.45) is 5.09. The summed E-state index contributed by atoms with van der Waals surface area (Å²) in [5.74, 6) is 0.635. The molecule has 6 heteroatoms. The van der Waals surface area contributed by atoms with Crippen LogP contribution in [-0.2, 0) is 0 Å². The van der Waals surface area contributed by atoms with Gasteiger partial charge in [-0.1, -0.05) is 11.6 Å². The summed E-state index contributed by atoms with van der Waals surface area (Å²) in [7, 11) is 3.94. The van der Waals surface area contributed by atoms with E-state index in [0.29, 0.717) is 28.5 Å². The van der Waals surface area contributed by atoms with Gasteiger partial charge in [0, 0.05) is 38.4 Å². The fourth-order valence-electron chi connectivity index (χ4n) is 3.41. The third-order valence-corrected chi connectivity index (χ3v) is 5.05. The van der Waals surface area contributed by atoms with E-state index in [2.05, 4.69) is 22.2 Å². The number of aromatic nitrogens is 1. The van der Waals surface area contributed by atoms with Gasteiger partial charge in [-0.05, 0) is 32.4 Å². The lowest BCUT2D eigenvalue weighted by Gasteiger charge is -2.26. The largest absolute Gasteiger partial charge is 0.372 e. The second-order valence-electron chi connectivity index (χ2n) is 5.89. The van der Waals surface area contributed by atoms with Crippen LogP contribution in [0, 0.1) is 0 Å². The van der Waals surface area contributed by atoms with Crippen LogP contribution in [0.1, 0.15) is 29.6 Å². The molecule has 1 amide bonds. The molecule has 5 nitrogen and oxygen atoms in total. The van der Waals surface area contributed by atoms with E-state index in [4.69, 9.17) is 11.6 Å². The number of pyridine rings is 1. The topological polar surface area (TPSA) is 48.5 Å². The number of carbonyl (C=O) groups is 1. The highest BCUT2D eigenvalue weighted by Gasteiger charge is 2.36. The van der Waals surface area contributed by atoms with E-state index in [-0.39, 0.29) is 5.91 Å². The van der Waals surface area contributed by atoms with Gasteiger partial charge in [0.15, 0.2) is 0 Å². The molecule has 3 rings (SSSR count). The predicted octanol–water partition coefficient (Wildman–Crippen LogP) is 2.09. The summed E-state index contributed by atoms with van der Waals surface area (Å²) >= 11 is 6.13. The van der Waals surface area contributed by atoms with E-state index in [1.54, 1.807) is 19.3 Å². The molecule has 2 aliphatic heterocycles. The molecule has 2 aliphatic rings. The summed E-state index contributed by atoms with van der Waals surface area (Å²) in [5, 5.41) is 3.39. The highest BCUT2D eigenvalue weighted by molar-refractivity contribution is 6.33. The van der Waals surface area contributed by atoms with Crippen molar-refractivity contribution in [1.29, 1.82) is 0 Å². The van der Waals surface area contributed by atoms with Crippen molar-refractivity contribution < 1.29 is 4.79 Å². The minimum atomic E-state index is 0.0352. The lowest BCUT2D eigenvalue weighted by molar-refractivity contribution is 0.0740. The van der Waals surface area contributed by atoms with Crippen LogP contribution in [0.3, 0.4) is 0 Å². The first-order valence-electron chi connectivity index (χ1n) is 7.44. The van der Waals surface area contributed by atoms with Crippen LogP contribution in [0.5, 0.6) is 0 Å². The van der Waals surface area contributed by atoms with Gasteiger partial charge in [-0.2, -0.15) is 0 Å². The number of likely N-dealkylation sites (tertiary alicyclic amines) is 1. The Hall–Kier alpha value is -1.33. The van der Waals surface area contributed by atoms with Crippen LogP contribution < -0.4 is 5.32 Å². The number of likely N-dealkylation sites (N-methyl/N-ethyl adjacent to an activating group) is 1. The Morgan fingerprint density at radius 1 is 1.38 bits per heavy atom. The summed E-state index contributed by atoms with van der Waals surface area (Å²) in [6.45, 7) is 1.62. The molecule has 1 aromatic rings. The molecule has 2 bridgehead atoms. The van der Waals surface area contributed by atoms with E-state index in [0.717, 1.165) is 19.5 Å². The van der Waals surface area contributed by atoms with E-state index in [1.807, 2.05) is 4.90 Å². The first-order valence-corrected chi connectivity index (χ1v) is 7.82. The molecule has 0 spiro atoms. The standard InChI is InChI=1S/C15H21ClN4O/c1-17-14-13(16)7-10(8-18-14)15(21)20-6-5-11-3-4-12(9-20)19(11)2/h7-8,11-12H,3-6,9H2,1-2H3,(H,17,18). The molecule has 2 atom stereocenters. The fraction of sp³-hybridized carbons (Fsp3) is 0.600. The van der Waals surface area contributed by atoms with Crippen molar-refractivity contribution in [3.8, 4) is 0 Å². The summed E-state index contributed by atoms with van der Waals surface area (Å²) in [4.78, 5) is 21.3. The third-order valence-electron chi connectivity index (χ3n) is 4.76. The van der Waals surface area contributed by atoms with Crippen LogP contribution >= 0.6 is 11.6 Å². The minimum Gasteiger partial charge on any atom is -0.372 e.